The molecule has 0 aliphatic carbocycles. The molecule has 0 spiro atoms. The molecule has 0 unspecified atom stereocenters. The van der Waals surface area contributed by atoms with Crippen molar-refractivity contribution in [2.24, 2.45) is 7.05 Å². The molecule has 0 aliphatic heterocycles. The van der Waals surface area contributed by atoms with Gasteiger partial charge in [0.2, 0.25) is 0 Å². The van der Waals surface area contributed by atoms with Crippen LogP contribution in [0.2, 0.25) is 0 Å². The van der Waals surface area contributed by atoms with E-state index in [1.165, 1.54) is 22.6 Å². The van der Waals surface area contributed by atoms with Gasteiger partial charge in [0.25, 0.3) is 0 Å². The van der Waals surface area contributed by atoms with E-state index in [1.54, 1.807) is 7.05 Å². The third kappa shape index (κ3) is 2.88. The van der Waals surface area contributed by atoms with E-state index < -0.39 is 5.97 Å². The normalized spacial score (nSPS) is 10.4. The smallest absolute Gasteiger partial charge is 0.340 e. The first-order valence-electron chi connectivity index (χ1n) is 5.10. The molecular weight excluding hydrogens is 236 g/mol. The van der Waals surface area contributed by atoms with Crippen LogP contribution < -0.4 is 0 Å². The van der Waals surface area contributed by atoms with Crippen molar-refractivity contribution >= 4 is 17.7 Å². The quantitative estimate of drug-likeness (QED) is 0.844. The number of carboxylic acids is 1. The lowest BCUT2D eigenvalue weighted by atomic mass is 10.2. The number of carboxylic acid groups (broad SMARTS) is 1. The van der Waals surface area contributed by atoms with Gasteiger partial charge in [0, 0.05) is 19.0 Å². The molecule has 17 heavy (non-hydrogen) atoms. The Kier molecular flexibility index (Phi) is 3.49. The van der Waals surface area contributed by atoms with Gasteiger partial charge in [0.1, 0.15) is 10.6 Å². The highest BCUT2D eigenvalue weighted by Crippen LogP contribution is 2.24. The molecule has 1 aromatic heterocycles. The van der Waals surface area contributed by atoms with Crippen LogP contribution in [0.15, 0.2) is 41.6 Å². The molecule has 1 heterocycles. The minimum absolute atomic E-state index is 0.258. The number of rotatable bonds is 4. The maximum absolute atomic E-state index is 11.0. The number of aryl methyl sites for hydroxylation is 1. The van der Waals surface area contributed by atoms with Crippen molar-refractivity contribution < 1.29 is 9.90 Å². The number of aromatic nitrogens is 2. The number of thioether (sulfide) groups is 1. The van der Waals surface area contributed by atoms with Crippen LogP contribution in [0.3, 0.4) is 0 Å². The van der Waals surface area contributed by atoms with E-state index in [9.17, 15) is 4.79 Å². The average molecular weight is 248 g/mol. The first-order valence-corrected chi connectivity index (χ1v) is 6.09. The first-order chi connectivity index (χ1) is 8.16. The van der Waals surface area contributed by atoms with Crippen molar-refractivity contribution in [1.82, 2.24) is 9.78 Å². The lowest BCUT2D eigenvalue weighted by Gasteiger charge is -1.99. The van der Waals surface area contributed by atoms with Gasteiger partial charge >= 0.3 is 5.97 Å². The molecule has 0 saturated heterocycles. The van der Waals surface area contributed by atoms with E-state index in [4.69, 9.17) is 5.11 Å². The summed E-state index contributed by atoms with van der Waals surface area (Å²) < 4.78 is 1.52. The summed E-state index contributed by atoms with van der Waals surface area (Å²) in [6.07, 6.45) is 1.52. The topological polar surface area (TPSA) is 55.1 Å². The Morgan fingerprint density at radius 1 is 1.41 bits per heavy atom. The van der Waals surface area contributed by atoms with Crippen LogP contribution in [0, 0.1) is 0 Å². The van der Waals surface area contributed by atoms with Crippen molar-refractivity contribution in [2.45, 2.75) is 10.8 Å². The van der Waals surface area contributed by atoms with E-state index >= 15 is 0 Å². The number of hydrogen-bond acceptors (Lipinski definition) is 3. The fraction of sp³-hybridized carbons (Fsp3) is 0.167. The molecule has 4 nitrogen and oxygen atoms in total. The van der Waals surface area contributed by atoms with Crippen molar-refractivity contribution in [3.63, 3.8) is 0 Å². The number of hydrogen-bond donors (Lipinski definition) is 1. The van der Waals surface area contributed by atoms with Gasteiger partial charge in [-0.15, -0.1) is 0 Å². The van der Waals surface area contributed by atoms with Gasteiger partial charge in [-0.25, -0.2) is 4.79 Å². The monoisotopic (exact) mass is 248 g/mol. The lowest BCUT2D eigenvalue weighted by Crippen LogP contribution is -1.95. The molecule has 0 aliphatic rings. The van der Waals surface area contributed by atoms with Crippen LogP contribution >= 0.6 is 11.8 Å². The molecule has 0 radical (unpaired) electrons. The van der Waals surface area contributed by atoms with Crippen LogP contribution in [-0.4, -0.2) is 20.9 Å². The van der Waals surface area contributed by atoms with Gasteiger partial charge < -0.3 is 5.11 Å². The molecule has 5 heteroatoms. The third-order valence-electron chi connectivity index (χ3n) is 2.24. The predicted octanol–water partition coefficient (Wildman–Crippen LogP) is 2.41. The van der Waals surface area contributed by atoms with E-state index in [2.05, 4.69) is 5.10 Å². The second-order valence-corrected chi connectivity index (χ2v) is 4.57. The van der Waals surface area contributed by atoms with Crippen molar-refractivity contribution in [3.8, 4) is 0 Å². The number of carbonyl (C=O) groups is 1. The maximum atomic E-state index is 11.0. The van der Waals surface area contributed by atoms with Gasteiger partial charge in [-0.2, -0.15) is 5.10 Å². The highest BCUT2D eigenvalue weighted by atomic mass is 32.2. The predicted molar refractivity (Wildman–Crippen MR) is 66.2 cm³/mol. The summed E-state index contributed by atoms with van der Waals surface area (Å²) in [5.74, 6) is -0.216. The summed E-state index contributed by atoms with van der Waals surface area (Å²) in [4.78, 5) is 11.0. The van der Waals surface area contributed by atoms with Crippen LogP contribution in [0.5, 0.6) is 0 Å². The lowest BCUT2D eigenvalue weighted by molar-refractivity contribution is 0.0693. The number of aromatic carboxylic acids is 1. The largest absolute Gasteiger partial charge is 0.478 e. The fourth-order valence-corrected chi connectivity index (χ4v) is 2.43. The summed E-state index contributed by atoms with van der Waals surface area (Å²) in [5, 5.41) is 13.7. The molecule has 1 N–H and O–H groups in total. The maximum Gasteiger partial charge on any atom is 0.340 e. The zero-order chi connectivity index (χ0) is 12.3. The average Bonchev–Trinajstić information content (AvgIpc) is 2.69. The molecular formula is C12H12N2O2S. The highest BCUT2D eigenvalue weighted by molar-refractivity contribution is 7.98. The SMILES string of the molecule is Cn1cc(C(=O)O)c(SCc2ccccc2)n1. The van der Waals surface area contributed by atoms with Crippen LogP contribution in [0.1, 0.15) is 15.9 Å². The second kappa shape index (κ2) is 5.05. The van der Waals surface area contributed by atoms with E-state index in [-0.39, 0.29) is 5.56 Å². The molecule has 2 aromatic rings. The Balaban J connectivity index is 2.11. The fourth-order valence-electron chi connectivity index (χ4n) is 1.45. The zero-order valence-electron chi connectivity index (χ0n) is 9.33. The Labute approximate surface area is 103 Å². The minimum Gasteiger partial charge on any atom is -0.478 e. The van der Waals surface area contributed by atoms with Gasteiger partial charge in [-0.3, -0.25) is 4.68 Å². The molecule has 2 rings (SSSR count). The van der Waals surface area contributed by atoms with Crippen molar-refractivity contribution in [1.29, 1.82) is 0 Å². The van der Waals surface area contributed by atoms with E-state index in [1.807, 2.05) is 30.3 Å². The Morgan fingerprint density at radius 3 is 2.76 bits per heavy atom. The Bertz CT molecular complexity index is 523. The summed E-state index contributed by atoms with van der Waals surface area (Å²) in [6.45, 7) is 0. The van der Waals surface area contributed by atoms with Gasteiger partial charge in [0.05, 0.1) is 0 Å². The molecule has 88 valence electrons. The van der Waals surface area contributed by atoms with Crippen molar-refractivity contribution in [2.75, 3.05) is 0 Å². The summed E-state index contributed by atoms with van der Waals surface area (Å²) >= 11 is 1.44. The molecule has 1 aromatic carbocycles. The van der Waals surface area contributed by atoms with Crippen molar-refractivity contribution in [3.05, 3.63) is 47.7 Å². The number of nitrogens with zero attached hydrogens (tertiary/aromatic N) is 2. The molecule has 0 atom stereocenters. The summed E-state index contributed by atoms with van der Waals surface area (Å²) in [6, 6.07) is 9.91. The first kappa shape index (κ1) is 11.7. The van der Waals surface area contributed by atoms with Crippen LogP contribution in [0.25, 0.3) is 0 Å². The van der Waals surface area contributed by atoms with E-state index in [0.717, 1.165) is 11.3 Å². The molecule has 0 bridgehead atoms. The van der Waals surface area contributed by atoms with Gasteiger partial charge in [-0.1, -0.05) is 42.1 Å². The third-order valence-corrected chi connectivity index (χ3v) is 3.30. The number of benzene rings is 1. The molecule has 0 fully saturated rings. The Hall–Kier alpha value is -1.75. The zero-order valence-corrected chi connectivity index (χ0v) is 10.1. The minimum atomic E-state index is -0.936. The standard InChI is InChI=1S/C12H12N2O2S/c1-14-7-10(12(15)16)11(13-14)17-8-9-5-3-2-4-6-9/h2-7H,8H2,1H3,(H,15,16). The van der Waals surface area contributed by atoms with Crippen LogP contribution in [0.4, 0.5) is 0 Å². The van der Waals surface area contributed by atoms with Crippen LogP contribution in [-0.2, 0) is 12.8 Å². The van der Waals surface area contributed by atoms with Gasteiger partial charge in [0.15, 0.2) is 0 Å². The Morgan fingerprint density at radius 2 is 2.12 bits per heavy atom. The van der Waals surface area contributed by atoms with Gasteiger partial charge in [-0.05, 0) is 5.56 Å². The summed E-state index contributed by atoms with van der Waals surface area (Å²) in [7, 11) is 1.72. The summed E-state index contributed by atoms with van der Waals surface area (Å²) in [5.41, 5.74) is 1.41. The second-order valence-electron chi connectivity index (χ2n) is 3.60. The highest BCUT2D eigenvalue weighted by Gasteiger charge is 2.14. The molecule has 0 amide bonds. The molecule has 0 saturated carbocycles. The van der Waals surface area contributed by atoms with E-state index in [0.29, 0.717) is 5.03 Å².